The summed E-state index contributed by atoms with van der Waals surface area (Å²) in [6, 6.07) is 5.34. The molecule has 1 aromatic rings. The van der Waals surface area contributed by atoms with Crippen molar-refractivity contribution in [2.24, 2.45) is 11.7 Å². The molecule has 1 aromatic carbocycles. The van der Waals surface area contributed by atoms with Gasteiger partial charge in [0.05, 0.1) is 19.1 Å². The number of piperidine rings is 1. The molecule has 0 spiro atoms. The van der Waals surface area contributed by atoms with Crippen molar-refractivity contribution in [2.75, 3.05) is 19.8 Å². The fraction of sp³-hybridized carbons (Fsp3) is 0.529. The Hall–Kier alpha value is -2.24. The van der Waals surface area contributed by atoms with Gasteiger partial charge < -0.3 is 20.1 Å². The summed E-state index contributed by atoms with van der Waals surface area (Å²) in [6.07, 6.45) is 2.34. The second kappa shape index (κ2) is 6.48. The van der Waals surface area contributed by atoms with Crippen molar-refractivity contribution >= 4 is 11.8 Å². The molecule has 0 aliphatic carbocycles. The van der Waals surface area contributed by atoms with Crippen molar-refractivity contribution in [1.29, 1.82) is 0 Å². The predicted octanol–water partition coefficient (Wildman–Crippen LogP) is 1.57. The molecule has 6 heteroatoms. The first-order valence-electron chi connectivity index (χ1n) is 8.06. The van der Waals surface area contributed by atoms with E-state index in [-0.39, 0.29) is 23.8 Å². The minimum absolute atomic E-state index is 0.0917. The molecule has 0 aromatic heterocycles. The molecule has 2 heterocycles. The maximum Gasteiger partial charge on any atom is 0.254 e. The van der Waals surface area contributed by atoms with E-state index in [0.29, 0.717) is 36.8 Å². The number of likely N-dealkylation sites (tertiary alicyclic amines) is 1. The fourth-order valence-corrected chi connectivity index (χ4v) is 3.08. The number of benzene rings is 1. The van der Waals surface area contributed by atoms with Crippen LogP contribution in [0.3, 0.4) is 0 Å². The second-order valence-electron chi connectivity index (χ2n) is 6.20. The zero-order chi connectivity index (χ0) is 16.4. The van der Waals surface area contributed by atoms with Gasteiger partial charge in [0.15, 0.2) is 11.5 Å². The maximum absolute atomic E-state index is 12.8. The summed E-state index contributed by atoms with van der Waals surface area (Å²) >= 11 is 0. The van der Waals surface area contributed by atoms with Gasteiger partial charge in [0, 0.05) is 24.6 Å². The van der Waals surface area contributed by atoms with Gasteiger partial charge in [0.2, 0.25) is 5.91 Å². The first-order chi connectivity index (χ1) is 11.1. The van der Waals surface area contributed by atoms with Crippen molar-refractivity contribution in [1.82, 2.24) is 4.90 Å². The van der Waals surface area contributed by atoms with Gasteiger partial charge >= 0.3 is 0 Å². The van der Waals surface area contributed by atoms with Crippen LogP contribution in [-0.4, -0.2) is 42.5 Å². The van der Waals surface area contributed by atoms with E-state index in [1.54, 1.807) is 23.1 Å². The van der Waals surface area contributed by atoms with Gasteiger partial charge in [-0.25, -0.2) is 0 Å². The summed E-state index contributed by atoms with van der Waals surface area (Å²) in [5.41, 5.74) is 5.96. The molecule has 0 saturated carbocycles. The number of nitrogens with zero attached hydrogens (tertiary/aromatic N) is 1. The first kappa shape index (κ1) is 15.6. The van der Waals surface area contributed by atoms with Gasteiger partial charge in [0.1, 0.15) is 0 Å². The van der Waals surface area contributed by atoms with E-state index >= 15 is 0 Å². The Balaban J connectivity index is 1.81. The average Bonchev–Trinajstić information content (AvgIpc) is 2.79. The Labute approximate surface area is 135 Å². The van der Waals surface area contributed by atoms with E-state index in [1.165, 1.54) is 0 Å². The molecule has 2 atom stereocenters. The van der Waals surface area contributed by atoms with Crippen molar-refractivity contribution in [3.8, 4) is 11.5 Å². The number of nitrogens with two attached hydrogens (primary N) is 1. The van der Waals surface area contributed by atoms with Crippen LogP contribution in [0.1, 0.15) is 36.5 Å². The van der Waals surface area contributed by atoms with Crippen molar-refractivity contribution in [3.05, 3.63) is 23.8 Å². The summed E-state index contributed by atoms with van der Waals surface area (Å²) in [5, 5.41) is 0. The Kier molecular flexibility index (Phi) is 4.41. The van der Waals surface area contributed by atoms with Crippen molar-refractivity contribution < 1.29 is 19.1 Å². The minimum atomic E-state index is -0.339. The smallest absolute Gasteiger partial charge is 0.254 e. The lowest BCUT2D eigenvalue weighted by Crippen LogP contribution is -2.48. The summed E-state index contributed by atoms with van der Waals surface area (Å²) in [6.45, 7) is 3.57. The standard InChI is InChI=1S/C17H22N2O4/c1-11-3-4-13(16(18)20)10-19(11)17(21)12-5-6-14-15(9-12)23-8-2-7-22-14/h5-6,9,11,13H,2-4,7-8,10H2,1H3,(H2,18,20)/t11-,13-/m1/s1. The molecule has 0 radical (unpaired) electrons. The normalized spacial score (nSPS) is 24.0. The highest BCUT2D eigenvalue weighted by atomic mass is 16.5. The van der Waals surface area contributed by atoms with Gasteiger partial charge in [-0.05, 0) is 38.0 Å². The maximum atomic E-state index is 12.8. The van der Waals surface area contributed by atoms with Crippen LogP contribution < -0.4 is 15.2 Å². The van der Waals surface area contributed by atoms with Crippen molar-refractivity contribution in [2.45, 2.75) is 32.2 Å². The second-order valence-corrected chi connectivity index (χ2v) is 6.20. The van der Waals surface area contributed by atoms with Gasteiger partial charge in [-0.2, -0.15) is 0 Å². The van der Waals surface area contributed by atoms with E-state index in [0.717, 1.165) is 19.3 Å². The highest BCUT2D eigenvalue weighted by Crippen LogP contribution is 2.32. The number of hydrogen-bond donors (Lipinski definition) is 1. The van der Waals surface area contributed by atoms with Gasteiger partial charge in [0.25, 0.3) is 5.91 Å². The third-order valence-corrected chi connectivity index (χ3v) is 4.54. The highest BCUT2D eigenvalue weighted by molar-refractivity contribution is 5.95. The third kappa shape index (κ3) is 3.25. The summed E-state index contributed by atoms with van der Waals surface area (Å²) < 4.78 is 11.2. The Bertz CT molecular complexity index is 617. The Morgan fingerprint density at radius 3 is 2.65 bits per heavy atom. The predicted molar refractivity (Wildman–Crippen MR) is 84.5 cm³/mol. The van der Waals surface area contributed by atoms with Crippen LogP contribution in [-0.2, 0) is 4.79 Å². The van der Waals surface area contributed by atoms with E-state index in [9.17, 15) is 9.59 Å². The van der Waals surface area contributed by atoms with E-state index in [4.69, 9.17) is 15.2 Å². The van der Waals surface area contributed by atoms with Crippen LogP contribution in [0.15, 0.2) is 18.2 Å². The molecule has 2 amide bonds. The molecule has 2 aliphatic heterocycles. The Morgan fingerprint density at radius 2 is 1.91 bits per heavy atom. The minimum Gasteiger partial charge on any atom is -0.490 e. The topological polar surface area (TPSA) is 81.9 Å². The molecule has 1 fully saturated rings. The summed E-state index contributed by atoms with van der Waals surface area (Å²) in [5.74, 6) is 0.563. The van der Waals surface area contributed by atoms with Crippen LogP contribution >= 0.6 is 0 Å². The summed E-state index contributed by atoms with van der Waals surface area (Å²) in [7, 11) is 0. The number of amides is 2. The molecule has 2 N–H and O–H groups in total. The van der Waals surface area contributed by atoms with Gasteiger partial charge in [-0.3, -0.25) is 9.59 Å². The zero-order valence-electron chi connectivity index (χ0n) is 13.3. The lowest BCUT2D eigenvalue weighted by molar-refractivity contribution is -0.123. The van der Waals surface area contributed by atoms with Gasteiger partial charge in [-0.15, -0.1) is 0 Å². The monoisotopic (exact) mass is 318 g/mol. The Morgan fingerprint density at radius 1 is 1.17 bits per heavy atom. The number of rotatable bonds is 2. The highest BCUT2D eigenvalue weighted by Gasteiger charge is 2.32. The zero-order valence-corrected chi connectivity index (χ0v) is 13.3. The molecule has 2 aliphatic rings. The molecule has 3 rings (SSSR count). The molecule has 1 saturated heterocycles. The molecule has 6 nitrogen and oxygen atoms in total. The molecule has 124 valence electrons. The van der Waals surface area contributed by atoms with Crippen LogP contribution in [0.25, 0.3) is 0 Å². The molecule has 0 unspecified atom stereocenters. The fourth-order valence-electron chi connectivity index (χ4n) is 3.08. The molecule has 23 heavy (non-hydrogen) atoms. The number of carbonyl (C=O) groups excluding carboxylic acids is 2. The molecule has 0 bridgehead atoms. The van der Waals surface area contributed by atoms with Crippen molar-refractivity contribution in [3.63, 3.8) is 0 Å². The lowest BCUT2D eigenvalue weighted by Gasteiger charge is -2.37. The average molecular weight is 318 g/mol. The number of fused-ring (bicyclic) bond motifs is 1. The van der Waals surface area contributed by atoms with Crippen LogP contribution in [0.4, 0.5) is 0 Å². The quantitative estimate of drug-likeness (QED) is 0.897. The molecular formula is C17H22N2O4. The van der Waals surface area contributed by atoms with E-state index < -0.39 is 0 Å². The third-order valence-electron chi connectivity index (χ3n) is 4.54. The number of primary amides is 1. The van der Waals surface area contributed by atoms with Gasteiger partial charge in [-0.1, -0.05) is 0 Å². The van der Waals surface area contributed by atoms with Crippen LogP contribution in [0, 0.1) is 5.92 Å². The largest absolute Gasteiger partial charge is 0.490 e. The number of ether oxygens (including phenoxy) is 2. The van der Waals surface area contributed by atoms with Crippen LogP contribution in [0.2, 0.25) is 0 Å². The molecular weight excluding hydrogens is 296 g/mol. The van der Waals surface area contributed by atoms with E-state index in [1.807, 2.05) is 6.92 Å². The summed E-state index contributed by atoms with van der Waals surface area (Å²) in [4.78, 5) is 26.0. The van der Waals surface area contributed by atoms with E-state index in [2.05, 4.69) is 0 Å². The first-order valence-corrected chi connectivity index (χ1v) is 8.06. The SMILES string of the molecule is C[C@@H]1CC[C@@H](C(N)=O)CN1C(=O)c1ccc2c(c1)OCCCO2. The number of hydrogen-bond acceptors (Lipinski definition) is 4. The number of carbonyl (C=O) groups is 2. The lowest BCUT2D eigenvalue weighted by atomic mass is 9.92. The van der Waals surface area contributed by atoms with Crippen LogP contribution in [0.5, 0.6) is 11.5 Å².